The molecule has 0 aliphatic heterocycles. The normalized spacial score (nSPS) is 19.8. The number of amides is 1. The monoisotopic (exact) mass is 352 g/mol. The number of anilines is 1. The Morgan fingerprint density at radius 2 is 1.68 bits per heavy atom. The van der Waals surface area contributed by atoms with Gasteiger partial charge in [-0.2, -0.15) is 0 Å². The Hall–Kier alpha value is -2.31. The second kappa shape index (κ2) is 8.18. The molecule has 2 aromatic rings. The Morgan fingerprint density at radius 3 is 2.28 bits per heavy atom. The van der Waals surface area contributed by atoms with Crippen molar-refractivity contribution in [2.24, 2.45) is 5.92 Å². The maximum Gasteiger partial charge on any atom is 0.224 e. The molecule has 0 spiro atoms. The lowest BCUT2D eigenvalue weighted by Crippen LogP contribution is -2.20. The largest absolute Gasteiger partial charge is 0.326 e. The lowest BCUT2D eigenvalue weighted by molar-refractivity contribution is -0.117. The first-order valence-corrected chi connectivity index (χ1v) is 9.04. The highest BCUT2D eigenvalue weighted by atomic mass is 35.5. The number of carbonyl (C=O) groups is 1. The first kappa shape index (κ1) is 17.5. The lowest BCUT2D eigenvalue weighted by Gasteiger charge is -2.28. The minimum atomic E-state index is 0.0761. The minimum Gasteiger partial charge on any atom is -0.326 e. The van der Waals surface area contributed by atoms with Crippen molar-refractivity contribution < 1.29 is 4.79 Å². The topological polar surface area (TPSA) is 33.5 Å². The molecule has 1 amide bonds. The molecule has 1 N–H and O–H groups in total. The molecule has 3 rings (SSSR count). The van der Waals surface area contributed by atoms with E-state index in [2.05, 4.69) is 22.3 Å². The molecule has 1 fully saturated rings. The van der Waals surface area contributed by atoms with Gasteiger partial charge in [0.1, 0.15) is 0 Å². The summed E-state index contributed by atoms with van der Waals surface area (Å²) in [5.74, 6) is 1.08. The van der Waals surface area contributed by atoms with E-state index in [1.54, 1.807) is 12.1 Å². The molecule has 2 aromatic carbocycles. The van der Waals surface area contributed by atoms with Crippen molar-refractivity contribution in [3.63, 3.8) is 0 Å². The van der Waals surface area contributed by atoms with Gasteiger partial charge in [0.25, 0.3) is 0 Å². The van der Waals surface area contributed by atoms with Crippen LogP contribution in [0, 0.1) is 12.5 Å². The van der Waals surface area contributed by atoms with E-state index < -0.39 is 0 Å². The molecule has 1 aliphatic rings. The molecule has 25 heavy (non-hydrogen) atoms. The molecule has 0 radical (unpaired) electrons. The molecule has 128 valence electrons. The highest BCUT2D eigenvalue weighted by Crippen LogP contribution is 2.37. The minimum absolute atomic E-state index is 0.0761. The Bertz CT molecular complexity index is 754. The SMILES string of the molecule is [C-]#[N+]c1ccc(C2CCC(CC(=O)Nc3ccc(Cl)cc3)CC2)cc1. The zero-order valence-electron chi connectivity index (χ0n) is 14.0. The Kier molecular flexibility index (Phi) is 5.73. The number of nitrogens with zero attached hydrogens (tertiary/aromatic N) is 1. The van der Waals surface area contributed by atoms with Crippen molar-refractivity contribution in [1.29, 1.82) is 0 Å². The highest BCUT2D eigenvalue weighted by Gasteiger charge is 2.24. The van der Waals surface area contributed by atoms with E-state index in [1.165, 1.54) is 5.56 Å². The van der Waals surface area contributed by atoms with Crippen LogP contribution in [-0.4, -0.2) is 5.91 Å². The molecule has 3 nitrogen and oxygen atoms in total. The van der Waals surface area contributed by atoms with Crippen molar-refractivity contribution in [1.82, 2.24) is 0 Å². The zero-order chi connectivity index (χ0) is 17.6. The van der Waals surface area contributed by atoms with E-state index >= 15 is 0 Å². The van der Waals surface area contributed by atoms with Gasteiger partial charge >= 0.3 is 0 Å². The predicted molar refractivity (Wildman–Crippen MR) is 102 cm³/mol. The van der Waals surface area contributed by atoms with Crippen molar-refractivity contribution in [2.45, 2.75) is 38.0 Å². The van der Waals surface area contributed by atoms with Crippen molar-refractivity contribution in [3.05, 3.63) is 70.5 Å². The Morgan fingerprint density at radius 1 is 1.04 bits per heavy atom. The third-order valence-corrected chi connectivity index (χ3v) is 5.19. The summed E-state index contributed by atoms with van der Waals surface area (Å²) in [5.41, 5.74) is 2.80. The van der Waals surface area contributed by atoms with Gasteiger partial charge in [-0.25, -0.2) is 4.85 Å². The molecule has 0 aromatic heterocycles. The van der Waals surface area contributed by atoms with Crippen LogP contribution < -0.4 is 5.32 Å². The standard InChI is InChI=1S/C21H21ClN2O/c1-23-19-10-6-17(7-11-19)16-4-2-15(3-5-16)14-21(25)24-20-12-8-18(22)9-13-20/h6-13,15-16H,2-5,14H2,(H,24,25). The third kappa shape index (κ3) is 4.84. The van der Waals surface area contributed by atoms with Gasteiger partial charge in [0.15, 0.2) is 5.69 Å². The Balaban J connectivity index is 1.47. The first-order chi connectivity index (χ1) is 12.1. The van der Waals surface area contributed by atoms with E-state index in [4.69, 9.17) is 18.2 Å². The number of rotatable bonds is 4. The molecular formula is C21H21ClN2O. The number of nitrogens with one attached hydrogen (secondary N) is 1. The smallest absolute Gasteiger partial charge is 0.224 e. The average Bonchev–Trinajstić information content (AvgIpc) is 2.64. The molecule has 4 heteroatoms. The van der Waals surface area contributed by atoms with Crippen LogP contribution in [0.3, 0.4) is 0 Å². The summed E-state index contributed by atoms with van der Waals surface area (Å²) in [6.45, 7) is 7.02. The van der Waals surface area contributed by atoms with Crippen LogP contribution in [0.15, 0.2) is 48.5 Å². The van der Waals surface area contributed by atoms with Gasteiger partial charge in [-0.15, -0.1) is 0 Å². The number of hydrogen-bond acceptors (Lipinski definition) is 1. The summed E-state index contributed by atoms with van der Waals surface area (Å²) in [5, 5.41) is 3.61. The summed E-state index contributed by atoms with van der Waals surface area (Å²) in [4.78, 5) is 15.7. The molecule has 0 bridgehead atoms. The number of hydrogen-bond donors (Lipinski definition) is 1. The van der Waals surface area contributed by atoms with Gasteiger partial charge < -0.3 is 5.32 Å². The second-order valence-corrected chi connectivity index (χ2v) is 7.12. The molecule has 0 unspecified atom stereocenters. The highest BCUT2D eigenvalue weighted by molar-refractivity contribution is 6.30. The number of halogens is 1. The van der Waals surface area contributed by atoms with Crippen LogP contribution in [0.2, 0.25) is 5.02 Å². The van der Waals surface area contributed by atoms with Gasteiger partial charge in [0.2, 0.25) is 5.91 Å². The van der Waals surface area contributed by atoms with Crippen LogP contribution in [0.4, 0.5) is 11.4 Å². The summed E-state index contributed by atoms with van der Waals surface area (Å²) in [7, 11) is 0. The lowest BCUT2D eigenvalue weighted by atomic mass is 9.77. The molecule has 1 aliphatic carbocycles. The van der Waals surface area contributed by atoms with Gasteiger partial charge in [-0.1, -0.05) is 35.9 Å². The van der Waals surface area contributed by atoms with E-state index in [9.17, 15) is 4.79 Å². The first-order valence-electron chi connectivity index (χ1n) is 8.67. The van der Waals surface area contributed by atoms with E-state index in [0.29, 0.717) is 29.0 Å². The number of carbonyl (C=O) groups excluding carboxylic acids is 1. The van der Waals surface area contributed by atoms with E-state index in [0.717, 1.165) is 31.4 Å². The van der Waals surface area contributed by atoms with Crippen molar-refractivity contribution in [2.75, 3.05) is 5.32 Å². The summed E-state index contributed by atoms with van der Waals surface area (Å²) < 4.78 is 0. The maximum atomic E-state index is 12.2. The van der Waals surface area contributed by atoms with Crippen LogP contribution in [0.25, 0.3) is 4.85 Å². The molecule has 0 atom stereocenters. The van der Waals surface area contributed by atoms with Gasteiger partial charge in [0, 0.05) is 17.1 Å². The Labute approximate surface area is 153 Å². The third-order valence-electron chi connectivity index (χ3n) is 4.94. The van der Waals surface area contributed by atoms with E-state index in [-0.39, 0.29) is 5.91 Å². The van der Waals surface area contributed by atoms with Crippen LogP contribution in [0.5, 0.6) is 0 Å². The molecule has 0 heterocycles. The maximum absolute atomic E-state index is 12.2. The summed E-state index contributed by atoms with van der Waals surface area (Å²) in [6.07, 6.45) is 4.94. The van der Waals surface area contributed by atoms with Gasteiger partial charge in [0.05, 0.1) is 6.57 Å². The fraction of sp³-hybridized carbons (Fsp3) is 0.333. The summed E-state index contributed by atoms with van der Waals surface area (Å²) >= 11 is 5.86. The van der Waals surface area contributed by atoms with Crippen molar-refractivity contribution in [3.8, 4) is 0 Å². The second-order valence-electron chi connectivity index (χ2n) is 6.68. The molecule has 1 saturated carbocycles. The molecular weight excluding hydrogens is 332 g/mol. The fourth-order valence-electron chi connectivity index (χ4n) is 3.53. The quantitative estimate of drug-likeness (QED) is 0.653. The van der Waals surface area contributed by atoms with Crippen LogP contribution >= 0.6 is 11.6 Å². The zero-order valence-corrected chi connectivity index (χ0v) is 14.8. The van der Waals surface area contributed by atoms with Gasteiger partial charge in [-0.05, 0) is 67.3 Å². The van der Waals surface area contributed by atoms with Crippen LogP contribution in [-0.2, 0) is 4.79 Å². The van der Waals surface area contributed by atoms with Crippen LogP contribution in [0.1, 0.15) is 43.6 Å². The van der Waals surface area contributed by atoms with Crippen molar-refractivity contribution >= 4 is 28.9 Å². The van der Waals surface area contributed by atoms with Gasteiger partial charge in [-0.3, -0.25) is 4.79 Å². The number of benzene rings is 2. The molecule has 0 saturated heterocycles. The predicted octanol–water partition coefficient (Wildman–Crippen LogP) is 6.19. The average molecular weight is 353 g/mol. The summed E-state index contributed by atoms with van der Waals surface area (Å²) in [6, 6.07) is 15.1. The fourth-order valence-corrected chi connectivity index (χ4v) is 3.65. The van der Waals surface area contributed by atoms with E-state index in [1.807, 2.05) is 24.3 Å².